The zero-order valence-electron chi connectivity index (χ0n) is 16.1. The lowest BCUT2D eigenvalue weighted by molar-refractivity contribution is 0.172. The first-order valence-electron chi connectivity index (χ1n) is 9.56. The molecule has 0 saturated heterocycles. The average molecular weight is 413 g/mol. The first kappa shape index (κ1) is 18.3. The summed E-state index contributed by atoms with van der Waals surface area (Å²) in [6.45, 7) is 0.966. The summed E-state index contributed by atoms with van der Waals surface area (Å²) in [5.74, 6) is 2.46. The zero-order chi connectivity index (χ0) is 20.7. The molecule has 0 bridgehead atoms. The number of amides is 2. The summed E-state index contributed by atoms with van der Waals surface area (Å²) in [6, 6.07) is 6.42. The van der Waals surface area contributed by atoms with Gasteiger partial charge in [-0.2, -0.15) is 9.61 Å². The van der Waals surface area contributed by atoms with Crippen molar-refractivity contribution in [2.24, 2.45) is 0 Å². The van der Waals surface area contributed by atoms with Crippen LogP contribution in [-0.2, 0) is 0 Å². The summed E-state index contributed by atoms with van der Waals surface area (Å²) in [5, 5.41) is 15.8. The van der Waals surface area contributed by atoms with E-state index in [1.165, 1.54) is 6.20 Å². The van der Waals surface area contributed by atoms with E-state index in [4.69, 9.17) is 9.47 Å². The third-order valence-electron chi connectivity index (χ3n) is 4.83. The van der Waals surface area contributed by atoms with Gasteiger partial charge in [-0.25, -0.2) is 14.2 Å². The number of carbonyl (C=O) groups excluding carboxylic acids is 1. The van der Waals surface area contributed by atoms with Gasteiger partial charge in [-0.05, 0) is 12.1 Å². The number of carbonyl (C=O) groups is 1. The Hall–Kier alpha value is -3.76. The van der Waals surface area contributed by atoms with E-state index in [0.717, 1.165) is 0 Å². The highest BCUT2D eigenvalue weighted by Crippen LogP contribution is 2.38. The van der Waals surface area contributed by atoms with Crippen molar-refractivity contribution in [2.75, 3.05) is 36.2 Å². The Morgan fingerprint density at radius 1 is 1.27 bits per heavy atom. The molecular weight excluding hydrogens is 393 g/mol. The number of ether oxygens (including phenoxy) is 2. The fourth-order valence-electron chi connectivity index (χ4n) is 3.24. The molecule has 30 heavy (non-hydrogen) atoms. The molecule has 11 heteroatoms. The second kappa shape index (κ2) is 7.25. The van der Waals surface area contributed by atoms with Crippen LogP contribution in [-0.4, -0.2) is 53.1 Å². The first-order chi connectivity index (χ1) is 14.6. The van der Waals surface area contributed by atoms with E-state index in [2.05, 4.69) is 31.3 Å². The van der Waals surface area contributed by atoms with E-state index in [1.54, 1.807) is 17.6 Å². The molecule has 4 N–H and O–H groups in total. The van der Waals surface area contributed by atoms with Gasteiger partial charge in [0.2, 0.25) is 0 Å². The SMILES string of the molecule is CNc1cc(Nc2cccc3c2OCCO3)nc2c(NC(=O)N[C@@H]3C[C@@H]3F)cnn12. The molecule has 1 aromatic carbocycles. The Morgan fingerprint density at radius 2 is 2.10 bits per heavy atom. The molecule has 1 saturated carbocycles. The van der Waals surface area contributed by atoms with E-state index in [0.29, 0.717) is 59.8 Å². The number of benzene rings is 1. The number of aromatic nitrogens is 3. The van der Waals surface area contributed by atoms with Gasteiger partial charge in [-0.1, -0.05) is 6.07 Å². The molecule has 5 rings (SSSR count). The van der Waals surface area contributed by atoms with Gasteiger partial charge in [0, 0.05) is 19.5 Å². The number of nitrogens with zero attached hydrogens (tertiary/aromatic N) is 3. The zero-order valence-corrected chi connectivity index (χ0v) is 16.1. The van der Waals surface area contributed by atoms with Crippen LogP contribution in [0.5, 0.6) is 11.5 Å². The van der Waals surface area contributed by atoms with Crippen LogP contribution in [0.2, 0.25) is 0 Å². The molecule has 156 valence electrons. The minimum atomic E-state index is -0.979. The molecule has 2 atom stereocenters. The van der Waals surface area contributed by atoms with Crippen molar-refractivity contribution < 1.29 is 18.7 Å². The molecule has 2 amide bonds. The minimum absolute atomic E-state index is 0.339. The molecule has 3 aromatic rings. The Kier molecular flexibility index (Phi) is 4.42. The van der Waals surface area contributed by atoms with Crippen molar-refractivity contribution in [2.45, 2.75) is 18.6 Å². The summed E-state index contributed by atoms with van der Waals surface area (Å²) < 4.78 is 26.0. The van der Waals surface area contributed by atoms with Crippen LogP contribution in [0.25, 0.3) is 5.65 Å². The Morgan fingerprint density at radius 3 is 2.90 bits per heavy atom. The number of hydrogen-bond donors (Lipinski definition) is 4. The second-order valence-corrected chi connectivity index (χ2v) is 6.98. The first-order valence-corrected chi connectivity index (χ1v) is 9.56. The maximum atomic E-state index is 13.0. The highest BCUT2D eigenvalue weighted by Gasteiger charge is 2.38. The maximum absolute atomic E-state index is 13.0. The van der Waals surface area contributed by atoms with Crippen molar-refractivity contribution in [3.8, 4) is 11.5 Å². The van der Waals surface area contributed by atoms with Crippen LogP contribution < -0.4 is 30.7 Å². The summed E-state index contributed by atoms with van der Waals surface area (Å²) in [4.78, 5) is 16.7. The van der Waals surface area contributed by atoms with Crippen molar-refractivity contribution in [3.05, 3.63) is 30.5 Å². The van der Waals surface area contributed by atoms with Gasteiger partial charge in [0.25, 0.3) is 0 Å². The molecule has 10 nitrogen and oxygen atoms in total. The quantitative estimate of drug-likeness (QED) is 0.508. The third kappa shape index (κ3) is 3.38. The predicted octanol–water partition coefficient (Wildman–Crippen LogP) is 2.52. The van der Waals surface area contributed by atoms with Gasteiger partial charge in [0.1, 0.15) is 36.7 Å². The van der Waals surface area contributed by atoms with Crippen LogP contribution in [0.3, 0.4) is 0 Å². The van der Waals surface area contributed by atoms with Crippen molar-refractivity contribution in [1.29, 1.82) is 0 Å². The fraction of sp³-hybridized carbons (Fsp3) is 0.316. The number of hydrogen-bond acceptors (Lipinski definition) is 7. The second-order valence-electron chi connectivity index (χ2n) is 6.98. The summed E-state index contributed by atoms with van der Waals surface area (Å²) in [5.41, 5.74) is 1.54. The molecule has 2 aromatic heterocycles. The largest absolute Gasteiger partial charge is 0.486 e. The number of rotatable bonds is 5. The van der Waals surface area contributed by atoms with Crippen LogP contribution in [0, 0.1) is 0 Å². The van der Waals surface area contributed by atoms with Gasteiger partial charge in [-0.3, -0.25) is 0 Å². The number of halogens is 1. The van der Waals surface area contributed by atoms with E-state index >= 15 is 0 Å². The summed E-state index contributed by atoms with van der Waals surface area (Å²) in [7, 11) is 1.76. The standard InChI is InChI=1S/C19H20FN7O3/c1-21-16-8-15(23-11-3-2-4-14-17(11)30-6-5-29-14)26-18-13(9-22-27(16)18)25-19(28)24-12-7-10(12)20/h2-4,8-10,12,21H,5-7H2,1H3,(H,23,26)(H2,24,25,28)/t10-,12+/m0/s1. The number of nitrogens with one attached hydrogen (secondary N) is 4. The topological polar surface area (TPSA) is 114 Å². The number of urea groups is 1. The Labute approximate surface area is 170 Å². The lowest BCUT2D eigenvalue weighted by Crippen LogP contribution is -2.31. The normalized spacial score (nSPS) is 19.3. The molecule has 0 spiro atoms. The Balaban J connectivity index is 1.45. The van der Waals surface area contributed by atoms with E-state index in [9.17, 15) is 9.18 Å². The minimum Gasteiger partial charge on any atom is -0.486 e. The van der Waals surface area contributed by atoms with E-state index in [-0.39, 0.29) is 0 Å². The highest BCUT2D eigenvalue weighted by molar-refractivity contribution is 5.93. The summed E-state index contributed by atoms with van der Waals surface area (Å²) in [6.07, 6.45) is 0.853. The molecule has 3 heterocycles. The fourth-order valence-corrected chi connectivity index (χ4v) is 3.24. The number of para-hydroxylation sites is 1. The lowest BCUT2D eigenvalue weighted by Gasteiger charge is -2.21. The lowest BCUT2D eigenvalue weighted by atomic mass is 10.2. The molecular formula is C19H20FN7O3. The number of fused-ring (bicyclic) bond motifs is 2. The molecule has 1 fully saturated rings. The van der Waals surface area contributed by atoms with Crippen molar-refractivity contribution >= 4 is 34.7 Å². The van der Waals surface area contributed by atoms with Crippen molar-refractivity contribution in [3.63, 3.8) is 0 Å². The van der Waals surface area contributed by atoms with Gasteiger partial charge in [0.15, 0.2) is 17.1 Å². The van der Waals surface area contributed by atoms with Crippen LogP contribution in [0.4, 0.5) is 32.2 Å². The molecule has 1 aliphatic carbocycles. The molecule has 0 radical (unpaired) electrons. The molecule has 0 unspecified atom stereocenters. The third-order valence-corrected chi connectivity index (χ3v) is 4.83. The molecule has 2 aliphatic rings. The smallest absolute Gasteiger partial charge is 0.319 e. The maximum Gasteiger partial charge on any atom is 0.319 e. The van der Waals surface area contributed by atoms with Gasteiger partial charge < -0.3 is 30.7 Å². The highest BCUT2D eigenvalue weighted by atomic mass is 19.1. The van der Waals surface area contributed by atoms with E-state index in [1.807, 2.05) is 18.2 Å². The predicted molar refractivity (Wildman–Crippen MR) is 109 cm³/mol. The Bertz CT molecular complexity index is 1120. The van der Waals surface area contributed by atoms with E-state index < -0.39 is 18.2 Å². The van der Waals surface area contributed by atoms with Gasteiger partial charge in [-0.15, -0.1) is 0 Å². The van der Waals surface area contributed by atoms with Gasteiger partial charge in [0.05, 0.1) is 17.9 Å². The van der Waals surface area contributed by atoms with Gasteiger partial charge >= 0.3 is 6.03 Å². The number of alkyl halides is 1. The van der Waals surface area contributed by atoms with Crippen LogP contribution in [0.15, 0.2) is 30.5 Å². The van der Waals surface area contributed by atoms with Crippen LogP contribution >= 0.6 is 0 Å². The van der Waals surface area contributed by atoms with Crippen molar-refractivity contribution in [1.82, 2.24) is 19.9 Å². The van der Waals surface area contributed by atoms with Crippen LogP contribution in [0.1, 0.15) is 6.42 Å². The number of anilines is 4. The monoisotopic (exact) mass is 413 g/mol. The average Bonchev–Trinajstić information content (AvgIpc) is 3.29. The summed E-state index contributed by atoms with van der Waals surface area (Å²) >= 11 is 0. The molecule has 1 aliphatic heterocycles.